The second-order valence-corrected chi connectivity index (χ2v) is 7.13. The zero-order chi connectivity index (χ0) is 14.2. The molecule has 1 aromatic rings. The molecule has 1 unspecified atom stereocenters. The van der Waals surface area contributed by atoms with E-state index < -0.39 is 0 Å². The molecule has 3 nitrogen and oxygen atoms in total. The molecule has 106 valence electrons. The Hall–Kier alpha value is -0.830. The molecule has 19 heavy (non-hydrogen) atoms. The molecule has 1 fully saturated rings. The van der Waals surface area contributed by atoms with Crippen LogP contribution in [0.3, 0.4) is 0 Å². The van der Waals surface area contributed by atoms with Gasteiger partial charge in [-0.3, -0.25) is 0 Å². The quantitative estimate of drug-likeness (QED) is 0.831. The summed E-state index contributed by atoms with van der Waals surface area (Å²) in [7, 11) is 0. The number of anilines is 1. The molecule has 1 aliphatic rings. The zero-order valence-corrected chi connectivity index (χ0v) is 13.3. The van der Waals surface area contributed by atoms with Crippen molar-refractivity contribution in [2.45, 2.75) is 53.4 Å². The van der Waals surface area contributed by atoms with Crippen molar-refractivity contribution in [3.8, 4) is 0 Å². The van der Waals surface area contributed by atoms with Crippen LogP contribution in [-0.4, -0.2) is 16.5 Å². The van der Waals surface area contributed by atoms with Crippen molar-refractivity contribution in [2.75, 3.05) is 11.9 Å². The second kappa shape index (κ2) is 5.28. The Morgan fingerprint density at radius 3 is 2.47 bits per heavy atom. The lowest BCUT2D eigenvalue weighted by Gasteiger charge is -2.27. The standard InChI is InChI=1S/C15H24ClN3/c1-9(15(3,4)5)8-17-13-10(2)12(16)18-14(19-13)11-6-7-11/h9,11H,6-8H2,1-5H3,(H,17,18,19). The van der Waals surface area contributed by atoms with Crippen LogP contribution in [0.25, 0.3) is 0 Å². The highest BCUT2D eigenvalue weighted by Crippen LogP contribution is 2.39. The molecule has 1 atom stereocenters. The third-order valence-corrected chi connectivity index (χ3v) is 4.47. The fourth-order valence-corrected chi connectivity index (χ4v) is 1.93. The Balaban J connectivity index is 2.11. The molecule has 1 aromatic heterocycles. The van der Waals surface area contributed by atoms with E-state index in [2.05, 4.69) is 43.0 Å². The number of rotatable bonds is 4. The van der Waals surface area contributed by atoms with Gasteiger partial charge in [0.1, 0.15) is 16.8 Å². The van der Waals surface area contributed by atoms with E-state index >= 15 is 0 Å². The first-order valence-electron chi connectivity index (χ1n) is 7.07. The molecular formula is C15H24ClN3. The average molecular weight is 282 g/mol. The van der Waals surface area contributed by atoms with Crippen LogP contribution >= 0.6 is 11.6 Å². The topological polar surface area (TPSA) is 37.8 Å². The highest BCUT2D eigenvalue weighted by molar-refractivity contribution is 6.30. The van der Waals surface area contributed by atoms with Gasteiger partial charge in [-0.1, -0.05) is 39.3 Å². The zero-order valence-electron chi connectivity index (χ0n) is 12.5. The smallest absolute Gasteiger partial charge is 0.137 e. The van der Waals surface area contributed by atoms with Gasteiger partial charge >= 0.3 is 0 Å². The Bertz CT molecular complexity index is 461. The van der Waals surface area contributed by atoms with Crippen LogP contribution in [0.1, 0.15) is 57.8 Å². The van der Waals surface area contributed by atoms with E-state index in [0.29, 0.717) is 17.0 Å². The molecule has 4 heteroatoms. The fraction of sp³-hybridized carbons (Fsp3) is 0.733. The van der Waals surface area contributed by atoms with Crippen LogP contribution in [-0.2, 0) is 0 Å². The van der Waals surface area contributed by atoms with Gasteiger partial charge in [-0.25, -0.2) is 9.97 Å². The normalized spacial score (nSPS) is 17.4. The van der Waals surface area contributed by atoms with Gasteiger partial charge in [0, 0.05) is 18.0 Å². The van der Waals surface area contributed by atoms with Crippen LogP contribution in [0.4, 0.5) is 5.82 Å². The first-order chi connectivity index (χ1) is 8.79. The Morgan fingerprint density at radius 1 is 1.32 bits per heavy atom. The van der Waals surface area contributed by atoms with Gasteiger partial charge in [0.15, 0.2) is 0 Å². The second-order valence-electron chi connectivity index (χ2n) is 6.77. The van der Waals surface area contributed by atoms with E-state index in [-0.39, 0.29) is 5.41 Å². The lowest BCUT2D eigenvalue weighted by molar-refractivity contribution is 0.274. The minimum absolute atomic E-state index is 0.289. The maximum Gasteiger partial charge on any atom is 0.137 e. The predicted molar refractivity (Wildman–Crippen MR) is 80.9 cm³/mol. The summed E-state index contributed by atoms with van der Waals surface area (Å²) in [6.07, 6.45) is 2.38. The fourth-order valence-electron chi connectivity index (χ4n) is 1.76. The third kappa shape index (κ3) is 3.59. The van der Waals surface area contributed by atoms with E-state index in [0.717, 1.165) is 23.8 Å². The van der Waals surface area contributed by atoms with Crippen LogP contribution in [0.15, 0.2) is 0 Å². The van der Waals surface area contributed by atoms with Gasteiger partial charge in [0.2, 0.25) is 0 Å². The highest BCUT2D eigenvalue weighted by Gasteiger charge is 2.28. The van der Waals surface area contributed by atoms with Crippen LogP contribution < -0.4 is 5.32 Å². The first-order valence-corrected chi connectivity index (χ1v) is 7.44. The summed E-state index contributed by atoms with van der Waals surface area (Å²) in [5.41, 5.74) is 1.24. The number of hydrogen-bond acceptors (Lipinski definition) is 3. The predicted octanol–water partition coefficient (Wildman–Crippen LogP) is 4.41. The Morgan fingerprint density at radius 2 is 1.95 bits per heavy atom. The van der Waals surface area contributed by atoms with Gasteiger partial charge in [-0.15, -0.1) is 0 Å². The van der Waals surface area contributed by atoms with Crippen LogP contribution in [0.2, 0.25) is 5.15 Å². The highest BCUT2D eigenvalue weighted by atomic mass is 35.5. The number of nitrogens with one attached hydrogen (secondary N) is 1. The SMILES string of the molecule is Cc1c(Cl)nc(C2CC2)nc1NCC(C)C(C)(C)C. The molecule has 1 heterocycles. The summed E-state index contributed by atoms with van der Waals surface area (Å²) >= 11 is 6.20. The van der Waals surface area contributed by atoms with Gasteiger partial charge in [-0.05, 0) is 31.1 Å². The first kappa shape index (κ1) is 14.6. The molecule has 0 saturated heterocycles. The maximum atomic E-state index is 6.20. The van der Waals surface area contributed by atoms with E-state index in [9.17, 15) is 0 Å². The molecule has 0 amide bonds. The van der Waals surface area contributed by atoms with Crippen molar-refractivity contribution < 1.29 is 0 Å². The third-order valence-electron chi connectivity index (χ3n) is 4.10. The van der Waals surface area contributed by atoms with E-state index in [1.807, 2.05) is 6.92 Å². The summed E-state index contributed by atoms with van der Waals surface area (Å²) in [6, 6.07) is 0. The molecule has 1 saturated carbocycles. The summed E-state index contributed by atoms with van der Waals surface area (Å²) in [4.78, 5) is 9.03. The van der Waals surface area contributed by atoms with E-state index in [1.54, 1.807) is 0 Å². The summed E-state index contributed by atoms with van der Waals surface area (Å²) < 4.78 is 0. The average Bonchev–Trinajstić information content (AvgIpc) is 3.13. The molecule has 0 bridgehead atoms. The Kier molecular flexibility index (Phi) is 4.05. The lowest BCUT2D eigenvalue weighted by Crippen LogP contribution is -2.25. The van der Waals surface area contributed by atoms with Crippen molar-refractivity contribution >= 4 is 17.4 Å². The molecule has 2 rings (SSSR count). The van der Waals surface area contributed by atoms with Gasteiger partial charge in [0.25, 0.3) is 0 Å². The van der Waals surface area contributed by atoms with E-state index in [1.165, 1.54) is 12.8 Å². The molecular weight excluding hydrogens is 258 g/mol. The van der Waals surface area contributed by atoms with Gasteiger partial charge < -0.3 is 5.32 Å². The monoisotopic (exact) mass is 281 g/mol. The number of halogens is 1. The molecule has 0 radical (unpaired) electrons. The van der Waals surface area contributed by atoms with Crippen LogP contribution in [0, 0.1) is 18.3 Å². The minimum Gasteiger partial charge on any atom is -0.369 e. The van der Waals surface area contributed by atoms with Gasteiger partial charge in [0.05, 0.1) is 0 Å². The molecule has 0 aromatic carbocycles. The maximum absolute atomic E-state index is 6.20. The number of nitrogens with zero attached hydrogens (tertiary/aromatic N) is 2. The van der Waals surface area contributed by atoms with E-state index in [4.69, 9.17) is 11.6 Å². The summed E-state index contributed by atoms with van der Waals surface area (Å²) in [5, 5.41) is 4.03. The summed E-state index contributed by atoms with van der Waals surface area (Å²) in [6.45, 7) is 11.9. The van der Waals surface area contributed by atoms with Crippen molar-refractivity contribution in [1.82, 2.24) is 9.97 Å². The molecule has 0 aliphatic heterocycles. The van der Waals surface area contributed by atoms with Gasteiger partial charge in [-0.2, -0.15) is 0 Å². The molecule has 1 aliphatic carbocycles. The number of hydrogen-bond donors (Lipinski definition) is 1. The Labute approximate surface area is 121 Å². The largest absolute Gasteiger partial charge is 0.369 e. The van der Waals surface area contributed by atoms with Crippen molar-refractivity contribution in [2.24, 2.45) is 11.3 Å². The molecule has 0 spiro atoms. The molecule has 1 N–H and O–H groups in total. The summed E-state index contributed by atoms with van der Waals surface area (Å²) in [5.74, 6) is 2.89. The van der Waals surface area contributed by atoms with Crippen molar-refractivity contribution in [3.63, 3.8) is 0 Å². The lowest BCUT2D eigenvalue weighted by atomic mass is 9.82. The number of aromatic nitrogens is 2. The minimum atomic E-state index is 0.289. The van der Waals surface area contributed by atoms with Crippen molar-refractivity contribution in [3.05, 3.63) is 16.5 Å². The van der Waals surface area contributed by atoms with Crippen molar-refractivity contribution in [1.29, 1.82) is 0 Å². The van der Waals surface area contributed by atoms with Crippen LogP contribution in [0.5, 0.6) is 0 Å².